The third kappa shape index (κ3) is 5.45. The molecule has 0 aliphatic carbocycles. The van der Waals surface area contributed by atoms with Gasteiger partial charge >= 0.3 is 0 Å². The van der Waals surface area contributed by atoms with Crippen LogP contribution in [0.15, 0.2) is 0 Å². The summed E-state index contributed by atoms with van der Waals surface area (Å²) in [6.07, 6.45) is 7.73. The van der Waals surface area contributed by atoms with Gasteiger partial charge in [0.15, 0.2) is 0 Å². The molecule has 0 aromatic heterocycles. The van der Waals surface area contributed by atoms with Gasteiger partial charge in [-0.15, -0.1) is 0 Å². The summed E-state index contributed by atoms with van der Waals surface area (Å²) in [5.41, 5.74) is 0. The molecule has 0 aromatic carbocycles. The normalized spacial score (nSPS) is 24.4. The van der Waals surface area contributed by atoms with E-state index in [-0.39, 0.29) is 0 Å². The highest BCUT2D eigenvalue weighted by Crippen LogP contribution is 2.25. The first-order valence-corrected chi connectivity index (χ1v) is 10.5. The lowest BCUT2D eigenvalue weighted by Gasteiger charge is -2.34. The number of thioether (sulfide) groups is 1. The van der Waals surface area contributed by atoms with E-state index >= 15 is 0 Å². The fourth-order valence-electron chi connectivity index (χ4n) is 3.92. The summed E-state index contributed by atoms with van der Waals surface area (Å²) < 4.78 is 0. The largest absolute Gasteiger partial charge is 0.343 e. The molecule has 0 spiro atoms. The summed E-state index contributed by atoms with van der Waals surface area (Å²) in [6.45, 7) is 10.2. The number of carbonyl (C=O) groups is 1. The molecule has 4 heteroatoms. The van der Waals surface area contributed by atoms with Crippen LogP contribution >= 0.6 is 11.8 Å². The van der Waals surface area contributed by atoms with Gasteiger partial charge in [0.05, 0.1) is 0 Å². The predicted octanol–water partition coefficient (Wildman–Crippen LogP) is 3.35. The zero-order chi connectivity index (χ0) is 15.9. The molecule has 0 bridgehead atoms. The molecular weight excluding hydrogens is 292 g/mol. The molecule has 0 saturated carbocycles. The Labute approximate surface area is 141 Å². The quantitative estimate of drug-likeness (QED) is 0.717. The molecule has 1 atom stereocenters. The maximum Gasteiger partial charge on any atom is 0.222 e. The van der Waals surface area contributed by atoms with Crippen molar-refractivity contribution in [1.82, 2.24) is 9.80 Å². The number of carbonyl (C=O) groups excluding carboxylic acids is 1. The van der Waals surface area contributed by atoms with Gasteiger partial charge < -0.3 is 9.80 Å². The molecule has 2 rings (SSSR count). The minimum Gasteiger partial charge on any atom is -0.343 e. The van der Waals surface area contributed by atoms with Crippen LogP contribution in [-0.2, 0) is 4.79 Å². The second-order valence-electron chi connectivity index (χ2n) is 7.48. The van der Waals surface area contributed by atoms with Crippen LogP contribution in [-0.4, -0.2) is 60.4 Å². The second-order valence-corrected chi connectivity index (χ2v) is 8.39. The number of likely N-dealkylation sites (tertiary alicyclic amines) is 2. The van der Waals surface area contributed by atoms with Crippen molar-refractivity contribution < 1.29 is 4.79 Å². The van der Waals surface area contributed by atoms with Crippen molar-refractivity contribution in [2.75, 3.05) is 44.7 Å². The van der Waals surface area contributed by atoms with E-state index in [0.717, 1.165) is 50.2 Å². The lowest BCUT2D eigenvalue weighted by Crippen LogP contribution is -2.39. The number of amides is 1. The molecule has 3 nitrogen and oxygen atoms in total. The van der Waals surface area contributed by atoms with Crippen molar-refractivity contribution in [2.24, 2.45) is 17.8 Å². The number of piperidine rings is 1. The second kappa shape index (κ2) is 9.17. The van der Waals surface area contributed by atoms with E-state index in [9.17, 15) is 4.79 Å². The topological polar surface area (TPSA) is 23.6 Å². The molecule has 128 valence electrons. The van der Waals surface area contributed by atoms with Gasteiger partial charge in [0.25, 0.3) is 0 Å². The highest BCUT2D eigenvalue weighted by atomic mass is 32.2. The number of hydrogen-bond donors (Lipinski definition) is 0. The van der Waals surface area contributed by atoms with E-state index < -0.39 is 0 Å². The maximum atomic E-state index is 12.3. The van der Waals surface area contributed by atoms with Crippen LogP contribution in [0.3, 0.4) is 0 Å². The Hall–Kier alpha value is -0.220. The lowest BCUT2D eigenvalue weighted by atomic mass is 9.86. The highest BCUT2D eigenvalue weighted by molar-refractivity contribution is 7.98. The molecule has 0 aromatic rings. The summed E-state index contributed by atoms with van der Waals surface area (Å²) in [6, 6.07) is 0. The van der Waals surface area contributed by atoms with Crippen LogP contribution < -0.4 is 0 Å². The first-order chi connectivity index (χ1) is 10.6. The first-order valence-electron chi connectivity index (χ1n) is 9.09. The zero-order valence-corrected chi connectivity index (χ0v) is 15.5. The van der Waals surface area contributed by atoms with Gasteiger partial charge in [-0.25, -0.2) is 0 Å². The lowest BCUT2D eigenvalue weighted by molar-refractivity contribution is -0.132. The average Bonchev–Trinajstić information content (AvgIpc) is 2.95. The van der Waals surface area contributed by atoms with Crippen LogP contribution in [0.4, 0.5) is 0 Å². The van der Waals surface area contributed by atoms with Crippen LogP contribution in [0, 0.1) is 17.8 Å². The van der Waals surface area contributed by atoms with Gasteiger partial charge in [0.1, 0.15) is 0 Å². The standard InChI is InChI=1S/C18H34N2OS/c1-15(2)17-7-11-20(12-8-17)18(21)5-4-9-19-10-6-16(13-19)14-22-3/h15-17H,4-14H2,1-3H3/t16-/m0/s1. The van der Waals surface area contributed by atoms with Crippen molar-refractivity contribution in [3.8, 4) is 0 Å². The molecule has 2 aliphatic heterocycles. The number of nitrogens with zero attached hydrogens (tertiary/aromatic N) is 2. The molecule has 2 aliphatic rings. The zero-order valence-electron chi connectivity index (χ0n) is 14.7. The fourth-order valence-corrected chi connectivity index (χ4v) is 4.66. The van der Waals surface area contributed by atoms with Crippen molar-refractivity contribution in [2.45, 2.75) is 46.0 Å². The van der Waals surface area contributed by atoms with Gasteiger partial charge in [-0.1, -0.05) is 13.8 Å². The van der Waals surface area contributed by atoms with E-state index in [1.165, 1.54) is 38.1 Å². The van der Waals surface area contributed by atoms with Gasteiger partial charge in [-0.05, 0) is 68.5 Å². The van der Waals surface area contributed by atoms with Crippen LogP contribution in [0.25, 0.3) is 0 Å². The van der Waals surface area contributed by atoms with Gasteiger partial charge in [-0.2, -0.15) is 11.8 Å². The maximum absolute atomic E-state index is 12.3. The Morgan fingerprint density at radius 2 is 1.91 bits per heavy atom. The van der Waals surface area contributed by atoms with Crippen molar-refractivity contribution in [3.63, 3.8) is 0 Å². The molecule has 2 saturated heterocycles. The highest BCUT2D eigenvalue weighted by Gasteiger charge is 2.25. The Morgan fingerprint density at radius 3 is 2.55 bits per heavy atom. The van der Waals surface area contributed by atoms with E-state index in [2.05, 4.69) is 29.9 Å². The van der Waals surface area contributed by atoms with Gasteiger partial charge in [-0.3, -0.25) is 4.79 Å². The summed E-state index contributed by atoms with van der Waals surface area (Å²) in [4.78, 5) is 17.0. The minimum atomic E-state index is 0.391. The summed E-state index contributed by atoms with van der Waals surface area (Å²) >= 11 is 1.96. The van der Waals surface area contributed by atoms with Crippen LogP contribution in [0.5, 0.6) is 0 Å². The van der Waals surface area contributed by atoms with E-state index in [4.69, 9.17) is 0 Å². The Bertz CT molecular complexity index is 340. The van der Waals surface area contributed by atoms with E-state index in [0.29, 0.717) is 5.91 Å². The molecule has 2 heterocycles. The summed E-state index contributed by atoms with van der Waals surface area (Å²) in [5, 5.41) is 0. The monoisotopic (exact) mass is 326 g/mol. The third-order valence-corrected chi connectivity index (χ3v) is 6.28. The minimum absolute atomic E-state index is 0.391. The van der Waals surface area contributed by atoms with Gasteiger partial charge in [0, 0.05) is 26.1 Å². The van der Waals surface area contributed by atoms with Crippen molar-refractivity contribution in [3.05, 3.63) is 0 Å². The smallest absolute Gasteiger partial charge is 0.222 e. The number of hydrogen-bond acceptors (Lipinski definition) is 3. The molecule has 0 N–H and O–H groups in total. The van der Waals surface area contributed by atoms with Crippen LogP contribution in [0.1, 0.15) is 46.0 Å². The van der Waals surface area contributed by atoms with Crippen molar-refractivity contribution in [1.29, 1.82) is 0 Å². The van der Waals surface area contributed by atoms with E-state index in [1.54, 1.807) is 0 Å². The van der Waals surface area contributed by atoms with Crippen molar-refractivity contribution >= 4 is 17.7 Å². The number of rotatable bonds is 7. The third-order valence-electron chi connectivity index (χ3n) is 5.47. The molecule has 0 unspecified atom stereocenters. The van der Waals surface area contributed by atoms with Gasteiger partial charge in [0.2, 0.25) is 5.91 Å². The molecule has 1 amide bonds. The Morgan fingerprint density at radius 1 is 1.18 bits per heavy atom. The summed E-state index contributed by atoms with van der Waals surface area (Å²) in [5.74, 6) is 4.15. The molecule has 0 radical (unpaired) electrons. The SMILES string of the molecule is CSC[C@H]1CCN(CCCC(=O)N2CCC(C(C)C)CC2)C1. The predicted molar refractivity (Wildman–Crippen MR) is 96.3 cm³/mol. The molecule has 2 fully saturated rings. The fraction of sp³-hybridized carbons (Fsp3) is 0.944. The molecular formula is C18H34N2OS. The first kappa shape index (κ1) is 18.1. The van der Waals surface area contributed by atoms with E-state index in [1.807, 2.05) is 11.8 Å². The van der Waals surface area contributed by atoms with Crippen LogP contribution in [0.2, 0.25) is 0 Å². The molecule has 22 heavy (non-hydrogen) atoms. The Balaban J connectivity index is 1.59. The average molecular weight is 327 g/mol. The Kier molecular flexibility index (Phi) is 7.55. The summed E-state index contributed by atoms with van der Waals surface area (Å²) in [7, 11) is 0.